The third-order valence-corrected chi connectivity index (χ3v) is 4.23. The Morgan fingerprint density at radius 2 is 2.00 bits per heavy atom. The Kier molecular flexibility index (Phi) is 4.07. The van der Waals surface area contributed by atoms with Crippen LogP contribution in [0.4, 0.5) is 5.95 Å². The molecule has 0 radical (unpaired) electrons. The van der Waals surface area contributed by atoms with E-state index in [0.717, 1.165) is 24.7 Å². The third kappa shape index (κ3) is 3.11. The van der Waals surface area contributed by atoms with Gasteiger partial charge in [-0.3, -0.25) is 0 Å². The number of thiocarbonyl (C=S) groups is 1. The molecule has 6 heteroatoms. The van der Waals surface area contributed by atoms with Gasteiger partial charge in [-0.05, 0) is 13.0 Å². The molecule has 0 saturated carbocycles. The van der Waals surface area contributed by atoms with Crippen LogP contribution in [0.15, 0.2) is 6.07 Å². The normalized spacial score (nSPS) is 24.1. The second-order valence-corrected chi connectivity index (χ2v) is 7.04. The van der Waals surface area contributed by atoms with E-state index in [4.69, 9.17) is 18.0 Å². The van der Waals surface area contributed by atoms with Gasteiger partial charge in [-0.25, -0.2) is 9.97 Å². The van der Waals surface area contributed by atoms with E-state index in [1.165, 1.54) is 0 Å². The number of aryl methyl sites for hydroxylation is 1. The summed E-state index contributed by atoms with van der Waals surface area (Å²) in [5, 5.41) is 1.18. The van der Waals surface area contributed by atoms with Gasteiger partial charge in [0, 0.05) is 29.3 Å². The molecule has 1 fully saturated rings. The van der Waals surface area contributed by atoms with Gasteiger partial charge in [0.1, 0.15) is 10.7 Å². The molecule has 1 aliphatic rings. The van der Waals surface area contributed by atoms with E-state index >= 15 is 0 Å². The van der Waals surface area contributed by atoms with Crippen molar-refractivity contribution in [1.82, 2.24) is 9.97 Å². The Morgan fingerprint density at radius 3 is 2.56 bits per heavy atom. The fraction of sp³-hybridized carbons (Fsp3) is 0.583. The first kappa shape index (κ1) is 13.5. The molecule has 1 aromatic heterocycles. The molecule has 98 valence electrons. The highest BCUT2D eigenvalue weighted by atomic mass is 32.2. The average molecular weight is 282 g/mol. The molecular formula is C12H18N4S2. The molecule has 1 aliphatic heterocycles. The average Bonchev–Trinajstić information content (AvgIpc) is 2.26. The van der Waals surface area contributed by atoms with Gasteiger partial charge >= 0.3 is 0 Å². The smallest absolute Gasteiger partial charge is 0.226 e. The van der Waals surface area contributed by atoms with Crippen molar-refractivity contribution >= 4 is 34.9 Å². The highest BCUT2D eigenvalue weighted by Crippen LogP contribution is 2.27. The Hall–Kier alpha value is -0.880. The van der Waals surface area contributed by atoms with Crippen LogP contribution in [0.25, 0.3) is 0 Å². The number of hydrogen-bond acceptors (Lipinski definition) is 5. The SMILES string of the molecule is Cc1cc(C(N)=S)nc(N2CC(C)SC(C)C2)n1. The molecular weight excluding hydrogens is 264 g/mol. The number of anilines is 1. The number of rotatable bonds is 2. The lowest BCUT2D eigenvalue weighted by atomic mass is 10.3. The van der Waals surface area contributed by atoms with Gasteiger partial charge in [-0.15, -0.1) is 0 Å². The summed E-state index contributed by atoms with van der Waals surface area (Å²) in [5.41, 5.74) is 7.22. The van der Waals surface area contributed by atoms with E-state index < -0.39 is 0 Å². The fourth-order valence-electron chi connectivity index (χ4n) is 2.16. The Morgan fingerprint density at radius 1 is 1.39 bits per heavy atom. The quantitative estimate of drug-likeness (QED) is 0.834. The van der Waals surface area contributed by atoms with E-state index in [2.05, 4.69) is 28.7 Å². The van der Waals surface area contributed by atoms with Crippen molar-refractivity contribution < 1.29 is 0 Å². The molecule has 1 saturated heterocycles. The van der Waals surface area contributed by atoms with Gasteiger partial charge in [-0.1, -0.05) is 26.1 Å². The Labute approximate surface area is 117 Å². The Balaban J connectivity index is 2.29. The van der Waals surface area contributed by atoms with Crippen molar-refractivity contribution in [1.29, 1.82) is 0 Å². The lowest BCUT2D eigenvalue weighted by Crippen LogP contribution is -2.41. The van der Waals surface area contributed by atoms with E-state index in [0.29, 0.717) is 21.2 Å². The summed E-state index contributed by atoms with van der Waals surface area (Å²) in [6, 6.07) is 1.83. The third-order valence-electron chi connectivity index (χ3n) is 2.80. The molecule has 1 aromatic rings. The molecule has 0 bridgehead atoms. The zero-order valence-electron chi connectivity index (χ0n) is 10.9. The predicted molar refractivity (Wildman–Crippen MR) is 81.4 cm³/mol. The molecule has 2 heterocycles. The monoisotopic (exact) mass is 282 g/mol. The summed E-state index contributed by atoms with van der Waals surface area (Å²) in [7, 11) is 0. The molecule has 2 rings (SSSR count). The minimum atomic E-state index is 0.328. The maximum Gasteiger partial charge on any atom is 0.226 e. The second-order valence-electron chi connectivity index (χ2n) is 4.72. The van der Waals surface area contributed by atoms with Crippen molar-refractivity contribution in [3.05, 3.63) is 17.5 Å². The van der Waals surface area contributed by atoms with Gasteiger partial charge in [0.2, 0.25) is 5.95 Å². The van der Waals surface area contributed by atoms with Gasteiger partial charge in [0.15, 0.2) is 0 Å². The van der Waals surface area contributed by atoms with Crippen molar-refractivity contribution in [2.75, 3.05) is 18.0 Å². The number of nitrogens with zero attached hydrogens (tertiary/aromatic N) is 3. The topological polar surface area (TPSA) is 55.0 Å². The van der Waals surface area contributed by atoms with E-state index in [9.17, 15) is 0 Å². The first-order valence-corrected chi connectivity index (χ1v) is 7.36. The summed E-state index contributed by atoms with van der Waals surface area (Å²) in [5.74, 6) is 0.747. The zero-order valence-corrected chi connectivity index (χ0v) is 12.5. The summed E-state index contributed by atoms with van der Waals surface area (Å²) in [4.78, 5) is 11.5. The minimum absolute atomic E-state index is 0.328. The molecule has 0 aliphatic carbocycles. The fourth-order valence-corrected chi connectivity index (χ4v) is 3.59. The first-order chi connectivity index (χ1) is 8.45. The second kappa shape index (κ2) is 5.40. The van der Waals surface area contributed by atoms with Gasteiger partial charge < -0.3 is 10.6 Å². The molecule has 4 nitrogen and oxygen atoms in total. The van der Waals surface area contributed by atoms with E-state index in [1.807, 2.05) is 24.8 Å². The summed E-state index contributed by atoms with van der Waals surface area (Å²) >= 11 is 7.00. The first-order valence-electron chi connectivity index (χ1n) is 6.01. The molecule has 2 unspecified atom stereocenters. The van der Waals surface area contributed by atoms with Crippen LogP contribution in [-0.4, -0.2) is 38.5 Å². The van der Waals surface area contributed by atoms with Crippen molar-refractivity contribution in [2.24, 2.45) is 5.73 Å². The molecule has 2 atom stereocenters. The lowest BCUT2D eigenvalue weighted by molar-refractivity contribution is 0.704. The maximum absolute atomic E-state index is 5.65. The summed E-state index contributed by atoms with van der Waals surface area (Å²) in [6.45, 7) is 8.35. The number of hydrogen-bond donors (Lipinski definition) is 1. The van der Waals surface area contributed by atoms with E-state index in [-0.39, 0.29) is 0 Å². The molecule has 0 amide bonds. The van der Waals surface area contributed by atoms with Crippen LogP contribution in [0.3, 0.4) is 0 Å². The number of thioether (sulfide) groups is 1. The maximum atomic E-state index is 5.65. The Bertz CT molecular complexity index is 453. The molecule has 2 N–H and O–H groups in total. The minimum Gasteiger partial charge on any atom is -0.388 e. The van der Waals surface area contributed by atoms with Crippen LogP contribution in [0, 0.1) is 6.92 Å². The van der Waals surface area contributed by atoms with Crippen LogP contribution in [0.1, 0.15) is 25.2 Å². The summed E-state index contributed by atoms with van der Waals surface area (Å²) < 4.78 is 0. The lowest BCUT2D eigenvalue weighted by Gasteiger charge is -2.34. The standard InChI is InChI=1S/C12H18N4S2/c1-7-4-10(11(13)17)15-12(14-7)16-5-8(2)18-9(3)6-16/h4,8-9H,5-6H2,1-3H3,(H2,13,17). The molecule has 0 aromatic carbocycles. The van der Waals surface area contributed by atoms with Crippen LogP contribution in [0.2, 0.25) is 0 Å². The predicted octanol–water partition coefficient (Wildman–Crippen LogP) is 1.75. The van der Waals surface area contributed by atoms with Crippen LogP contribution >= 0.6 is 24.0 Å². The van der Waals surface area contributed by atoms with Crippen LogP contribution < -0.4 is 10.6 Å². The highest BCUT2D eigenvalue weighted by molar-refractivity contribution is 8.00. The number of nitrogens with two attached hydrogens (primary N) is 1. The van der Waals surface area contributed by atoms with Crippen molar-refractivity contribution in [3.8, 4) is 0 Å². The highest BCUT2D eigenvalue weighted by Gasteiger charge is 2.24. The molecule has 0 spiro atoms. The van der Waals surface area contributed by atoms with Crippen molar-refractivity contribution in [2.45, 2.75) is 31.3 Å². The largest absolute Gasteiger partial charge is 0.388 e. The van der Waals surface area contributed by atoms with E-state index in [1.54, 1.807) is 0 Å². The van der Waals surface area contributed by atoms with Crippen molar-refractivity contribution in [3.63, 3.8) is 0 Å². The molecule has 18 heavy (non-hydrogen) atoms. The van der Waals surface area contributed by atoms with Gasteiger partial charge in [-0.2, -0.15) is 11.8 Å². The van der Waals surface area contributed by atoms with Gasteiger partial charge in [0.05, 0.1) is 0 Å². The summed E-state index contributed by atoms with van der Waals surface area (Å²) in [6.07, 6.45) is 0. The number of aromatic nitrogens is 2. The van der Waals surface area contributed by atoms with Crippen LogP contribution in [0.5, 0.6) is 0 Å². The van der Waals surface area contributed by atoms with Gasteiger partial charge in [0.25, 0.3) is 0 Å². The van der Waals surface area contributed by atoms with Crippen LogP contribution in [-0.2, 0) is 0 Å². The zero-order chi connectivity index (χ0) is 13.3.